The summed E-state index contributed by atoms with van der Waals surface area (Å²) in [7, 11) is 0. The van der Waals surface area contributed by atoms with Crippen LogP contribution in [0.5, 0.6) is 0 Å². The second-order valence-corrected chi connectivity index (χ2v) is 5.12. The van der Waals surface area contributed by atoms with Crippen LogP contribution in [-0.4, -0.2) is 25.7 Å². The van der Waals surface area contributed by atoms with Crippen LogP contribution in [0.4, 0.5) is 0 Å². The van der Waals surface area contributed by atoms with E-state index in [0.717, 1.165) is 17.9 Å². The fourth-order valence-corrected chi connectivity index (χ4v) is 2.42. The molecule has 1 aliphatic carbocycles. The molecule has 1 saturated heterocycles. The Balaban J connectivity index is 1.52. The van der Waals surface area contributed by atoms with Crippen molar-refractivity contribution in [1.82, 2.24) is 10.6 Å². The molecule has 2 rings (SSSR count). The van der Waals surface area contributed by atoms with E-state index >= 15 is 0 Å². The van der Waals surface area contributed by atoms with Crippen LogP contribution in [0.15, 0.2) is 0 Å². The number of hydrogen-bond donors (Lipinski definition) is 2. The lowest BCUT2D eigenvalue weighted by Crippen LogP contribution is -2.42. The van der Waals surface area contributed by atoms with Crippen molar-refractivity contribution in [2.24, 2.45) is 11.8 Å². The fourth-order valence-electron chi connectivity index (χ4n) is 2.42. The highest BCUT2D eigenvalue weighted by Gasteiger charge is 2.27. The van der Waals surface area contributed by atoms with E-state index in [-0.39, 0.29) is 0 Å². The van der Waals surface area contributed by atoms with E-state index in [0.29, 0.717) is 0 Å². The Morgan fingerprint density at radius 3 is 2.79 bits per heavy atom. The summed E-state index contributed by atoms with van der Waals surface area (Å²) in [6.45, 7) is 6.02. The standard InChI is InChI=1S/C12H24N2/c1-10(11-5-6-11)8-13-9-12-4-2-3-7-14-12/h10-14H,2-9H2,1H3. The third-order valence-electron chi connectivity index (χ3n) is 3.70. The van der Waals surface area contributed by atoms with Crippen LogP contribution in [-0.2, 0) is 0 Å². The summed E-state index contributed by atoms with van der Waals surface area (Å²) in [5, 5.41) is 7.19. The Morgan fingerprint density at radius 2 is 2.14 bits per heavy atom. The Labute approximate surface area is 87.8 Å². The molecule has 0 aromatic heterocycles. The van der Waals surface area contributed by atoms with Crippen LogP contribution in [0.25, 0.3) is 0 Å². The highest BCUT2D eigenvalue weighted by atomic mass is 15.0. The normalized spacial score (nSPS) is 30.2. The Kier molecular flexibility index (Phi) is 3.82. The molecule has 2 N–H and O–H groups in total. The molecule has 2 atom stereocenters. The highest BCUT2D eigenvalue weighted by molar-refractivity contribution is 4.81. The van der Waals surface area contributed by atoms with Gasteiger partial charge in [-0.1, -0.05) is 13.3 Å². The summed E-state index contributed by atoms with van der Waals surface area (Å²) >= 11 is 0. The molecule has 14 heavy (non-hydrogen) atoms. The SMILES string of the molecule is CC(CNCC1CCCCN1)C1CC1. The topological polar surface area (TPSA) is 24.1 Å². The summed E-state index contributed by atoms with van der Waals surface area (Å²) in [6, 6.07) is 0.746. The van der Waals surface area contributed by atoms with Crippen LogP contribution >= 0.6 is 0 Å². The van der Waals surface area contributed by atoms with Gasteiger partial charge in [-0.3, -0.25) is 0 Å². The van der Waals surface area contributed by atoms with Gasteiger partial charge in [0.2, 0.25) is 0 Å². The second kappa shape index (κ2) is 5.13. The largest absolute Gasteiger partial charge is 0.315 e. The fraction of sp³-hybridized carbons (Fsp3) is 1.00. The lowest BCUT2D eigenvalue weighted by atomic mass is 10.0. The first-order valence-electron chi connectivity index (χ1n) is 6.30. The predicted molar refractivity (Wildman–Crippen MR) is 60.4 cm³/mol. The van der Waals surface area contributed by atoms with E-state index in [1.807, 2.05) is 0 Å². The summed E-state index contributed by atoms with van der Waals surface area (Å²) in [6.07, 6.45) is 7.10. The lowest BCUT2D eigenvalue weighted by molar-refractivity contribution is 0.366. The predicted octanol–water partition coefficient (Wildman–Crippen LogP) is 1.76. The Hall–Kier alpha value is -0.0800. The highest BCUT2D eigenvalue weighted by Crippen LogP contribution is 2.35. The van der Waals surface area contributed by atoms with Gasteiger partial charge in [0.05, 0.1) is 0 Å². The van der Waals surface area contributed by atoms with Crippen LogP contribution in [0.1, 0.15) is 39.0 Å². The number of hydrogen-bond acceptors (Lipinski definition) is 2. The number of piperidine rings is 1. The van der Waals surface area contributed by atoms with Gasteiger partial charge < -0.3 is 10.6 Å². The molecule has 1 saturated carbocycles. The number of nitrogens with one attached hydrogen (secondary N) is 2. The van der Waals surface area contributed by atoms with E-state index in [9.17, 15) is 0 Å². The van der Waals surface area contributed by atoms with Gasteiger partial charge in [0.15, 0.2) is 0 Å². The van der Waals surface area contributed by atoms with Gasteiger partial charge in [-0.05, 0) is 50.6 Å². The number of rotatable bonds is 5. The van der Waals surface area contributed by atoms with Crippen LogP contribution < -0.4 is 10.6 Å². The molecule has 2 heteroatoms. The smallest absolute Gasteiger partial charge is 0.0192 e. The van der Waals surface area contributed by atoms with Crippen LogP contribution in [0, 0.1) is 11.8 Å². The van der Waals surface area contributed by atoms with Crippen molar-refractivity contribution in [3.8, 4) is 0 Å². The van der Waals surface area contributed by atoms with Crippen LogP contribution in [0.2, 0.25) is 0 Å². The van der Waals surface area contributed by atoms with Gasteiger partial charge in [0, 0.05) is 12.6 Å². The van der Waals surface area contributed by atoms with Gasteiger partial charge in [-0.2, -0.15) is 0 Å². The summed E-state index contributed by atoms with van der Waals surface area (Å²) in [5.41, 5.74) is 0. The molecule has 82 valence electrons. The molecule has 0 spiro atoms. The molecule has 1 aliphatic heterocycles. The average Bonchev–Trinajstić information content (AvgIpc) is 3.02. The molecule has 0 bridgehead atoms. The Morgan fingerprint density at radius 1 is 1.29 bits per heavy atom. The van der Waals surface area contributed by atoms with Gasteiger partial charge >= 0.3 is 0 Å². The van der Waals surface area contributed by atoms with E-state index in [2.05, 4.69) is 17.6 Å². The third-order valence-corrected chi connectivity index (χ3v) is 3.70. The minimum absolute atomic E-state index is 0.746. The lowest BCUT2D eigenvalue weighted by Gasteiger charge is -2.24. The summed E-state index contributed by atoms with van der Waals surface area (Å²) < 4.78 is 0. The molecule has 2 fully saturated rings. The molecule has 0 amide bonds. The average molecular weight is 196 g/mol. The quantitative estimate of drug-likeness (QED) is 0.700. The van der Waals surface area contributed by atoms with Gasteiger partial charge in [0.1, 0.15) is 0 Å². The van der Waals surface area contributed by atoms with Crippen molar-refractivity contribution in [3.05, 3.63) is 0 Å². The Bertz CT molecular complexity index is 160. The zero-order valence-electron chi connectivity index (χ0n) is 9.39. The van der Waals surface area contributed by atoms with Crippen molar-refractivity contribution in [2.75, 3.05) is 19.6 Å². The molecule has 0 aromatic carbocycles. The van der Waals surface area contributed by atoms with E-state index in [1.54, 1.807) is 0 Å². The second-order valence-electron chi connectivity index (χ2n) is 5.12. The molecular formula is C12H24N2. The summed E-state index contributed by atoms with van der Waals surface area (Å²) in [4.78, 5) is 0. The first-order chi connectivity index (χ1) is 6.86. The van der Waals surface area contributed by atoms with Crippen molar-refractivity contribution in [3.63, 3.8) is 0 Å². The first-order valence-corrected chi connectivity index (χ1v) is 6.30. The van der Waals surface area contributed by atoms with E-state index < -0.39 is 0 Å². The maximum atomic E-state index is 3.61. The van der Waals surface area contributed by atoms with Gasteiger partial charge in [-0.15, -0.1) is 0 Å². The molecule has 2 aliphatic rings. The minimum Gasteiger partial charge on any atom is -0.315 e. The monoisotopic (exact) mass is 196 g/mol. The molecule has 0 radical (unpaired) electrons. The molecule has 2 nitrogen and oxygen atoms in total. The molecule has 1 heterocycles. The van der Waals surface area contributed by atoms with Crippen molar-refractivity contribution < 1.29 is 0 Å². The van der Waals surface area contributed by atoms with Gasteiger partial charge in [-0.25, -0.2) is 0 Å². The molecule has 0 aromatic rings. The van der Waals surface area contributed by atoms with Gasteiger partial charge in [0.25, 0.3) is 0 Å². The maximum absolute atomic E-state index is 3.61. The minimum atomic E-state index is 0.746. The zero-order valence-corrected chi connectivity index (χ0v) is 9.39. The molecule has 2 unspecified atom stereocenters. The van der Waals surface area contributed by atoms with Crippen molar-refractivity contribution in [1.29, 1.82) is 0 Å². The third kappa shape index (κ3) is 3.25. The maximum Gasteiger partial charge on any atom is 0.0192 e. The van der Waals surface area contributed by atoms with Crippen molar-refractivity contribution in [2.45, 2.75) is 45.1 Å². The van der Waals surface area contributed by atoms with E-state index in [1.165, 1.54) is 51.7 Å². The first kappa shape index (κ1) is 10.4. The van der Waals surface area contributed by atoms with Crippen LogP contribution in [0.3, 0.4) is 0 Å². The summed E-state index contributed by atoms with van der Waals surface area (Å²) in [5.74, 6) is 1.94. The molecular weight excluding hydrogens is 172 g/mol. The van der Waals surface area contributed by atoms with Crippen molar-refractivity contribution >= 4 is 0 Å². The van der Waals surface area contributed by atoms with E-state index in [4.69, 9.17) is 0 Å². The zero-order chi connectivity index (χ0) is 9.80.